The number of hydrogen-bond donors (Lipinski definition) is 1. The first-order valence-electron chi connectivity index (χ1n) is 7.83. The second kappa shape index (κ2) is 10.5. The topological polar surface area (TPSA) is 85.3 Å². The summed E-state index contributed by atoms with van der Waals surface area (Å²) >= 11 is 0. The molecule has 0 spiro atoms. The molecule has 1 rings (SSSR count). The van der Waals surface area contributed by atoms with Crippen LogP contribution in [0.15, 0.2) is 24.3 Å². The number of aliphatic hydroxyl groups is 1. The van der Waals surface area contributed by atoms with Crippen LogP contribution in [0.4, 0.5) is 0 Å². The summed E-state index contributed by atoms with van der Waals surface area (Å²) < 4.78 is 15.4. The fourth-order valence-corrected chi connectivity index (χ4v) is 2.08. The van der Waals surface area contributed by atoms with Crippen molar-refractivity contribution in [2.24, 2.45) is 5.92 Å². The Hall–Kier alpha value is -2.28. The van der Waals surface area contributed by atoms with E-state index in [1.165, 1.54) is 12.0 Å². The summed E-state index contributed by atoms with van der Waals surface area (Å²) in [4.78, 5) is 25.1. The molecule has 0 saturated carbocycles. The van der Waals surface area contributed by atoms with Gasteiger partial charge in [0, 0.05) is 13.1 Å². The van der Waals surface area contributed by atoms with Gasteiger partial charge in [0.05, 0.1) is 26.2 Å². The first-order valence-corrected chi connectivity index (χ1v) is 7.83. The molecule has 0 aromatic heterocycles. The number of hydrogen-bond acceptors (Lipinski definition) is 6. The smallest absolute Gasteiger partial charge is 0.310 e. The fourth-order valence-electron chi connectivity index (χ4n) is 2.08. The van der Waals surface area contributed by atoms with E-state index in [9.17, 15) is 9.59 Å². The van der Waals surface area contributed by atoms with Gasteiger partial charge < -0.3 is 24.2 Å². The van der Waals surface area contributed by atoms with Crippen LogP contribution in [0.5, 0.6) is 11.5 Å². The molecule has 1 unspecified atom stereocenters. The quantitative estimate of drug-likeness (QED) is 0.643. The van der Waals surface area contributed by atoms with E-state index in [2.05, 4.69) is 4.74 Å². The lowest BCUT2D eigenvalue weighted by molar-refractivity contribution is -0.146. The number of nitrogens with zero attached hydrogens (tertiary/aromatic N) is 1. The number of benzene rings is 1. The molecule has 0 saturated heterocycles. The normalized spacial score (nSPS) is 11.5. The number of esters is 1. The van der Waals surface area contributed by atoms with Crippen molar-refractivity contribution >= 4 is 11.9 Å². The van der Waals surface area contributed by atoms with Crippen molar-refractivity contribution < 1.29 is 28.9 Å². The molecule has 134 valence electrons. The monoisotopic (exact) mass is 339 g/mol. The zero-order valence-corrected chi connectivity index (χ0v) is 14.4. The largest absolute Gasteiger partial charge is 0.494 e. The van der Waals surface area contributed by atoms with Crippen molar-refractivity contribution in [2.75, 3.05) is 40.0 Å². The van der Waals surface area contributed by atoms with Crippen molar-refractivity contribution in [3.8, 4) is 11.5 Å². The van der Waals surface area contributed by atoms with Crippen molar-refractivity contribution in [2.45, 2.75) is 13.8 Å². The Balaban J connectivity index is 2.56. The van der Waals surface area contributed by atoms with Crippen molar-refractivity contribution in [1.29, 1.82) is 0 Å². The third kappa shape index (κ3) is 6.45. The maximum Gasteiger partial charge on any atom is 0.310 e. The summed E-state index contributed by atoms with van der Waals surface area (Å²) in [7, 11) is 1.30. The third-order valence-corrected chi connectivity index (χ3v) is 3.32. The zero-order valence-electron chi connectivity index (χ0n) is 14.4. The summed E-state index contributed by atoms with van der Waals surface area (Å²) in [5.74, 6) is 0.0737. The van der Waals surface area contributed by atoms with E-state index in [1.54, 1.807) is 31.2 Å². The predicted molar refractivity (Wildman–Crippen MR) is 88.0 cm³/mol. The summed E-state index contributed by atoms with van der Waals surface area (Å²) in [6.07, 6.45) is 0. The maximum absolute atomic E-state index is 12.2. The van der Waals surface area contributed by atoms with Crippen LogP contribution in [0.25, 0.3) is 0 Å². The van der Waals surface area contributed by atoms with Gasteiger partial charge in [-0.2, -0.15) is 0 Å². The molecule has 0 aliphatic carbocycles. The molecule has 7 nitrogen and oxygen atoms in total. The Morgan fingerprint density at radius 2 is 1.75 bits per heavy atom. The van der Waals surface area contributed by atoms with E-state index in [-0.39, 0.29) is 32.2 Å². The van der Waals surface area contributed by atoms with Crippen molar-refractivity contribution in [3.05, 3.63) is 24.3 Å². The minimum atomic E-state index is -0.476. The average molecular weight is 339 g/mol. The highest BCUT2D eigenvalue weighted by Gasteiger charge is 2.21. The zero-order chi connectivity index (χ0) is 17.9. The van der Waals surface area contributed by atoms with Crippen LogP contribution >= 0.6 is 0 Å². The Kier molecular flexibility index (Phi) is 8.64. The van der Waals surface area contributed by atoms with E-state index in [4.69, 9.17) is 14.6 Å². The Morgan fingerprint density at radius 1 is 1.17 bits per heavy atom. The molecule has 7 heteroatoms. The van der Waals surface area contributed by atoms with Gasteiger partial charge in [0.25, 0.3) is 5.91 Å². The minimum Gasteiger partial charge on any atom is -0.494 e. The Morgan fingerprint density at radius 3 is 2.25 bits per heavy atom. The molecule has 24 heavy (non-hydrogen) atoms. The van der Waals surface area contributed by atoms with Crippen LogP contribution in [0.1, 0.15) is 13.8 Å². The molecule has 0 radical (unpaired) electrons. The number of rotatable bonds is 10. The van der Waals surface area contributed by atoms with Gasteiger partial charge in [0.1, 0.15) is 11.5 Å². The van der Waals surface area contributed by atoms with E-state index in [0.717, 1.165) is 5.75 Å². The molecule has 1 aromatic rings. The Bertz CT molecular complexity index is 516. The SMILES string of the molecule is CCOc1ccc(OCC(=O)N(CCO)CC(C)C(=O)OC)cc1. The lowest BCUT2D eigenvalue weighted by atomic mass is 10.1. The van der Waals surface area contributed by atoms with Gasteiger partial charge in [-0.05, 0) is 31.2 Å². The molecule has 1 N–H and O–H groups in total. The summed E-state index contributed by atoms with van der Waals surface area (Å²) in [6, 6.07) is 6.94. The highest BCUT2D eigenvalue weighted by Crippen LogP contribution is 2.17. The standard InChI is InChI=1S/C17H25NO6/c1-4-23-14-5-7-15(8-6-14)24-12-16(20)18(9-10-19)11-13(2)17(21)22-3/h5-8,13,19H,4,9-12H2,1-3H3. The molecule has 1 amide bonds. The van der Waals surface area contributed by atoms with Gasteiger partial charge in [0.15, 0.2) is 6.61 Å². The Labute approximate surface area is 142 Å². The molecule has 1 atom stereocenters. The number of amides is 1. The van der Waals surface area contributed by atoms with Gasteiger partial charge >= 0.3 is 5.97 Å². The van der Waals surface area contributed by atoms with Crippen LogP contribution in [0, 0.1) is 5.92 Å². The van der Waals surface area contributed by atoms with Crippen LogP contribution in [-0.2, 0) is 14.3 Å². The fraction of sp³-hybridized carbons (Fsp3) is 0.529. The van der Waals surface area contributed by atoms with E-state index in [1.807, 2.05) is 6.92 Å². The maximum atomic E-state index is 12.2. The first-order chi connectivity index (χ1) is 11.5. The number of carbonyl (C=O) groups is 2. The van der Waals surface area contributed by atoms with Gasteiger partial charge in [-0.1, -0.05) is 6.92 Å². The van der Waals surface area contributed by atoms with Gasteiger partial charge in [0.2, 0.25) is 0 Å². The average Bonchev–Trinajstić information content (AvgIpc) is 2.59. The summed E-state index contributed by atoms with van der Waals surface area (Å²) in [5.41, 5.74) is 0. The first kappa shape index (κ1) is 19.8. The van der Waals surface area contributed by atoms with Gasteiger partial charge in [-0.3, -0.25) is 9.59 Å². The third-order valence-electron chi connectivity index (χ3n) is 3.32. The van der Waals surface area contributed by atoms with Gasteiger partial charge in [-0.15, -0.1) is 0 Å². The second-order valence-corrected chi connectivity index (χ2v) is 5.18. The number of carbonyl (C=O) groups excluding carboxylic acids is 2. The van der Waals surface area contributed by atoms with E-state index in [0.29, 0.717) is 12.4 Å². The molecule has 0 bridgehead atoms. The number of methoxy groups -OCH3 is 1. The highest BCUT2D eigenvalue weighted by molar-refractivity contribution is 5.79. The molecular formula is C17H25NO6. The molecular weight excluding hydrogens is 314 g/mol. The molecule has 0 heterocycles. The molecule has 0 aliphatic rings. The lowest BCUT2D eigenvalue weighted by Crippen LogP contribution is -2.41. The second-order valence-electron chi connectivity index (χ2n) is 5.18. The van der Waals surface area contributed by atoms with Gasteiger partial charge in [-0.25, -0.2) is 0 Å². The minimum absolute atomic E-state index is 0.132. The number of aliphatic hydroxyl groups excluding tert-OH is 1. The van der Waals surface area contributed by atoms with E-state index < -0.39 is 11.9 Å². The number of ether oxygens (including phenoxy) is 3. The highest BCUT2D eigenvalue weighted by atomic mass is 16.5. The van der Waals surface area contributed by atoms with Crippen LogP contribution in [-0.4, -0.2) is 61.9 Å². The predicted octanol–water partition coefficient (Wildman–Crippen LogP) is 1.09. The molecule has 1 aromatic carbocycles. The summed E-state index contributed by atoms with van der Waals surface area (Å²) in [5, 5.41) is 9.10. The van der Waals surface area contributed by atoms with Crippen LogP contribution < -0.4 is 9.47 Å². The lowest BCUT2D eigenvalue weighted by Gasteiger charge is -2.24. The summed E-state index contributed by atoms with van der Waals surface area (Å²) in [6.45, 7) is 4.06. The van der Waals surface area contributed by atoms with Crippen molar-refractivity contribution in [1.82, 2.24) is 4.90 Å². The van der Waals surface area contributed by atoms with Crippen LogP contribution in [0.2, 0.25) is 0 Å². The molecule has 0 aliphatic heterocycles. The molecule has 0 fully saturated rings. The van der Waals surface area contributed by atoms with Crippen LogP contribution in [0.3, 0.4) is 0 Å². The van der Waals surface area contributed by atoms with E-state index >= 15 is 0 Å². The van der Waals surface area contributed by atoms with Crippen molar-refractivity contribution in [3.63, 3.8) is 0 Å².